The predicted octanol–water partition coefficient (Wildman–Crippen LogP) is 2.94. The highest BCUT2D eigenvalue weighted by Crippen LogP contribution is 2.24. The van der Waals surface area contributed by atoms with Crippen LogP contribution in [0.5, 0.6) is 0 Å². The number of carboxylic acids is 1. The van der Waals surface area contributed by atoms with Crippen molar-refractivity contribution in [3.8, 4) is 6.07 Å². The van der Waals surface area contributed by atoms with Gasteiger partial charge in [-0.1, -0.05) is 18.2 Å². The Morgan fingerprint density at radius 1 is 1.37 bits per heavy atom. The van der Waals surface area contributed by atoms with Gasteiger partial charge in [0.05, 0.1) is 11.6 Å². The highest BCUT2D eigenvalue weighted by molar-refractivity contribution is 7.98. The first-order chi connectivity index (χ1) is 9.20. The second-order valence-corrected chi connectivity index (χ2v) is 4.79. The Bertz CT molecular complexity index is 650. The van der Waals surface area contributed by atoms with Gasteiger partial charge >= 0.3 is 5.97 Å². The molecule has 4 nitrogen and oxygen atoms in total. The number of thioether (sulfide) groups is 1. The molecule has 0 unspecified atom stereocenters. The van der Waals surface area contributed by atoms with Crippen LogP contribution in [0.15, 0.2) is 47.5 Å². The minimum Gasteiger partial charge on any atom is -0.477 e. The molecular weight excluding hydrogens is 260 g/mol. The van der Waals surface area contributed by atoms with E-state index in [0.717, 1.165) is 10.5 Å². The third-order valence-corrected chi connectivity index (χ3v) is 3.53. The van der Waals surface area contributed by atoms with Gasteiger partial charge in [0, 0.05) is 16.8 Å². The Kier molecular flexibility index (Phi) is 4.16. The maximum atomic E-state index is 10.8. The van der Waals surface area contributed by atoms with Gasteiger partial charge in [-0.3, -0.25) is 0 Å². The summed E-state index contributed by atoms with van der Waals surface area (Å²) in [5.74, 6) is -0.424. The Balaban J connectivity index is 2.13. The van der Waals surface area contributed by atoms with E-state index in [9.17, 15) is 4.79 Å². The molecule has 2 aromatic rings. The molecule has 94 valence electrons. The Labute approximate surface area is 114 Å². The maximum Gasteiger partial charge on any atom is 0.354 e. The number of hydrogen-bond donors (Lipinski definition) is 1. The minimum absolute atomic E-state index is 0.0265. The molecule has 0 bridgehead atoms. The van der Waals surface area contributed by atoms with Crippen molar-refractivity contribution in [2.24, 2.45) is 0 Å². The highest BCUT2D eigenvalue weighted by atomic mass is 32.2. The largest absolute Gasteiger partial charge is 0.477 e. The first kappa shape index (κ1) is 13.1. The van der Waals surface area contributed by atoms with Gasteiger partial charge in [0.15, 0.2) is 0 Å². The van der Waals surface area contributed by atoms with Crippen LogP contribution in [0.3, 0.4) is 0 Å². The average molecular weight is 270 g/mol. The van der Waals surface area contributed by atoms with Crippen LogP contribution < -0.4 is 0 Å². The number of hydrogen-bond acceptors (Lipinski definition) is 4. The van der Waals surface area contributed by atoms with Crippen molar-refractivity contribution in [1.82, 2.24) is 4.98 Å². The summed E-state index contributed by atoms with van der Waals surface area (Å²) < 4.78 is 0. The second-order valence-electron chi connectivity index (χ2n) is 3.74. The smallest absolute Gasteiger partial charge is 0.354 e. The van der Waals surface area contributed by atoms with Crippen LogP contribution in [-0.4, -0.2) is 16.1 Å². The number of nitrogens with zero attached hydrogens (tertiary/aromatic N) is 2. The summed E-state index contributed by atoms with van der Waals surface area (Å²) in [5.41, 5.74) is 1.60. The van der Waals surface area contributed by atoms with Gasteiger partial charge in [0.25, 0.3) is 0 Å². The molecule has 1 heterocycles. The van der Waals surface area contributed by atoms with E-state index in [1.807, 2.05) is 18.2 Å². The summed E-state index contributed by atoms with van der Waals surface area (Å²) in [7, 11) is 0. The van der Waals surface area contributed by atoms with Gasteiger partial charge in [-0.25, -0.2) is 9.78 Å². The first-order valence-electron chi connectivity index (χ1n) is 5.51. The molecule has 19 heavy (non-hydrogen) atoms. The number of benzene rings is 1. The number of nitriles is 1. The molecule has 0 aliphatic carbocycles. The molecule has 0 aliphatic heterocycles. The van der Waals surface area contributed by atoms with Crippen LogP contribution in [0.25, 0.3) is 0 Å². The maximum absolute atomic E-state index is 10.8. The summed E-state index contributed by atoms with van der Waals surface area (Å²) in [6.45, 7) is 0. The summed E-state index contributed by atoms with van der Waals surface area (Å²) in [4.78, 5) is 15.4. The van der Waals surface area contributed by atoms with Crippen LogP contribution >= 0.6 is 11.8 Å². The monoisotopic (exact) mass is 270 g/mol. The molecule has 0 spiro atoms. The lowest BCUT2D eigenvalue weighted by Crippen LogP contribution is -1.99. The van der Waals surface area contributed by atoms with Gasteiger partial charge in [-0.05, 0) is 23.8 Å². The lowest BCUT2D eigenvalue weighted by Gasteiger charge is -2.04. The average Bonchev–Trinajstić information content (AvgIpc) is 2.45. The zero-order valence-electron chi connectivity index (χ0n) is 9.91. The molecule has 0 amide bonds. The fraction of sp³-hybridized carbons (Fsp3) is 0.0714. The first-order valence-corrected chi connectivity index (χ1v) is 6.49. The van der Waals surface area contributed by atoms with E-state index in [2.05, 4.69) is 11.1 Å². The standard InChI is InChI=1S/C14H10N2O2S/c15-8-10-3-1-2-4-11(10)9-19-12-5-6-16-13(7-12)14(17)18/h1-7H,9H2,(H,17,18). The molecule has 5 heteroatoms. The normalized spacial score (nSPS) is 9.84. The highest BCUT2D eigenvalue weighted by Gasteiger charge is 2.06. The number of carboxylic acid groups (broad SMARTS) is 1. The predicted molar refractivity (Wildman–Crippen MR) is 71.9 cm³/mol. The molecule has 1 aromatic carbocycles. The summed E-state index contributed by atoms with van der Waals surface area (Å²) in [5, 5.41) is 17.8. The van der Waals surface area contributed by atoms with E-state index in [1.54, 1.807) is 12.1 Å². The Morgan fingerprint density at radius 2 is 2.16 bits per heavy atom. The number of aromatic carboxylic acids is 1. The molecule has 0 saturated heterocycles. The van der Waals surface area contributed by atoms with Crippen LogP contribution in [0.4, 0.5) is 0 Å². The summed E-state index contributed by atoms with van der Waals surface area (Å²) in [6, 6.07) is 12.8. The Hall–Kier alpha value is -2.32. The van der Waals surface area contributed by atoms with Crippen LogP contribution in [0, 0.1) is 11.3 Å². The molecule has 0 fully saturated rings. The summed E-state index contributed by atoms with van der Waals surface area (Å²) in [6.07, 6.45) is 1.47. The van der Waals surface area contributed by atoms with Crippen molar-refractivity contribution in [1.29, 1.82) is 5.26 Å². The minimum atomic E-state index is -1.04. The molecular formula is C14H10N2O2S. The molecule has 1 N–H and O–H groups in total. The van der Waals surface area contributed by atoms with Gasteiger partial charge in [0.1, 0.15) is 5.69 Å². The number of aromatic nitrogens is 1. The third-order valence-electron chi connectivity index (χ3n) is 2.48. The van der Waals surface area contributed by atoms with Crippen molar-refractivity contribution in [3.05, 3.63) is 59.4 Å². The zero-order chi connectivity index (χ0) is 13.7. The molecule has 0 radical (unpaired) electrons. The lowest BCUT2D eigenvalue weighted by atomic mass is 10.1. The molecule has 1 aromatic heterocycles. The molecule has 2 rings (SSSR count). The zero-order valence-corrected chi connectivity index (χ0v) is 10.7. The number of pyridine rings is 1. The van der Waals surface area contributed by atoms with Crippen LogP contribution in [-0.2, 0) is 5.75 Å². The third kappa shape index (κ3) is 3.33. The topological polar surface area (TPSA) is 74.0 Å². The summed E-state index contributed by atoms with van der Waals surface area (Å²) >= 11 is 1.48. The van der Waals surface area contributed by atoms with E-state index < -0.39 is 5.97 Å². The molecule has 0 saturated carbocycles. The second kappa shape index (κ2) is 6.03. The van der Waals surface area contributed by atoms with E-state index in [0.29, 0.717) is 11.3 Å². The molecule has 0 aliphatic rings. The van der Waals surface area contributed by atoms with Gasteiger partial charge in [-0.2, -0.15) is 5.26 Å². The van der Waals surface area contributed by atoms with E-state index in [4.69, 9.17) is 10.4 Å². The van der Waals surface area contributed by atoms with Crippen molar-refractivity contribution >= 4 is 17.7 Å². The van der Waals surface area contributed by atoms with Crippen molar-refractivity contribution in [2.75, 3.05) is 0 Å². The van der Waals surface area contributed by atoms with Gasteiger partial charge < -0.3 is 5.11 Å². The fourth-order valence-electron chi connectivity index (χ4n) is 1.53. The van der Waals surface area contributed by atoms with Gasteiger partial charge in [0.2, 0.25) is 0 Å². The van der Waals surface area contributed by atoms with Crippen molar-refractivity contribution in [3.63, 3.8) is 0 Å². The van der Waals surface area contributed by atoms with E-state index in [-0.39, 0.29) is 5.69 Å². The van der Waals surface area contributed by atoms with E-state index >= 15 is 0 Å². The van der Waals surface area contributed by atoms with Gasteiger partial charge in [-0.15, -0.1) is 11.8 Å². The van der Waals surface area contributed by atoms with E-state index in [1.165, 1.54) is 24.0 Å². The van der Waals surface area contributed by atoms with Crippen molar-refractivity contribution < 1.29 is 9.90 Å². The SMILES string of the molecule is N#Cc1ccccc1CSc1ccnc(C(=O)O)c1. The lowest BCUT2D eigenvalue weighted by molar-refractivity contribution is 0.0690. The number of rotatable bonds is 4. The quantitative estimate of drug-likeness (QED) is 0.864. The Morgan fingerprint density at radius 3 is 2.89 bits per heavy atom. The number of carbonyl (C=O) groups is 1. The van der Waals surface area contributed by atoms with Crippen LogP contribution in [0.2, 0.25) is 0 Å². The van der Waals surface area contributed by atoms with Crippen LogP contribution in [0.1, 0.15) is 21.6 Å². The van der Waals surface area contributed by atoms with Crippen molar-refractivity contribution in [2.45, 2.75) is 10.6 Å². The molecule has 0 atom stereocenters. The fourth-order valence-corrected chi connectivity index (χ4v) is 2.46.